The second-order valence-electron chi connectivity index (χ2n) is 4.19. The molecule has 0 radical (unpaired) electrons. The first-order chi connectivity index (χ1) is 7.04. The molecule has 0 heterocycles. The molecule has 0 spiro atoms. The lowest BCUT2D eigenvalue weighted by Gasteiger charge is -2.13. The van der Waals surface area contributed by atoms with Crippen molar-refractivity contribution in [2.75, 3.05) is 0 Å². The maximum absolute atomic E-state index is 9.01. The second-order valence-corrected chi connectivity index (χ2v) is 4.19. The summed E-state index contributed by atoms with van der Waals surface area (Å²) in [5.74, 6) is 1.11. The van der Waals surface area contributed by atoms with Gasteiger partial charge in [-0.15, -0.1) is 0 Å². The molecule has 0 amide bonds. The standard InChI is InChI=1S/C13H17NO/c1-9(2)11-5-6-13(15-10(3)4)12(7-11)8-14/h5-7,9-10H,1-4H3. The zero-order valence-electron chi connectivity index (χ0n) is 9.74. The van der Waals surface area contributed by atoms with E-state index in [-0.39, 0.29) is 6.10 Å². The lowest BCUT2D eigenvalue weighted by molar-refractivity contribution is 0.241. The Morgan fingerprint density at radius 3 is 2.33 bits per heavy atom. The third-order valence-electron chi connectivity index (χ3n) is 2.15. The van der Waals surface area contributed by atoms with Crippen LogP contribution >= 0.6 is 0 Å². The number of hydrogen-bond donors (Lipinski definition) is 0. The van der Waals surface area contributed by atoms with Crippen molar-refractivity contribution >= 4 is 0 Å². The highest BCUT2D eigenvalue weighted by Crippen LogP contribution is 2.24. The zero-order valence-corrected chi connectivity index (χ0v) is 9.74. The molecule has 1 aromatic carbocycles. The third kappa shape index (κ3) is 2.99. The van der Waals surface area contributed by atoms with E-state index in [1.807, 2.05) is 32.0 Å². The van der Waals surface area contributed by atoms with Crippen molar-refractivity contribution in [2.24, 2.45) is 0 Å². The van der Waals surface area contributed by atoms with Crippen LogP contribution in [-0.4, -0.2) is 6.10 Å². The fraction of sp³-hybridized carbons (Fsp3) is 0.462. The van der Waals surface area contributed by atoms with Gasteiger partial charge in [0.15, 0.2) is 0 Å². The molecular formula is C13H17NO. The number of nitrogens with zero attached hydrogens (tertiary/aromatic N) is 1. The lowest BCUT2D eigenvalue weighted by Crippen LogP contribution is -2.07. The molecule has 0 aromatic heterocycles. The minimum atomic E-state index is 0.0991. The molecule has 1 rings (SSSR count). The smallest absolute Gasteiger partial charge is 0.137 e. The third-order valence-corrected chi connectivity index (χ3v) is 2.15. The van der Waals surface area contributed by atoms with Gasteiger partial charge in [0, 0.05) is 0 Å². The molecule has 0 aliphatic carbocycles. The summed E-state index contributed by atoms with van der Waals surface area (Å²) < 4.78 is 5.55. The van der Waals surface area contributed by atoms with Gasteiger partial charge in [0.2, 0.25) is 0 Å². The van der Waals surface area contributed by atoms with Crippen LogP contribution in [0.2, 0.25) is 0 Å². The normalized spacial score (nSPS) is 10.5. The van der Waals surface area contributed by atoms with Crippen molar-refractivity contribution in [2.45, 2.75) is 39.7 Å². The topological polar surface area (TPSA) is 33.0 Å². The molecule has 0 aliphatic rings. The largest absolute Gasteiger partial charge is 0.490 e. The Kier molecular flexibility index (Phi) is 3.74. The molecule has 0 atom stereocenters. The van der Waals surface area contributed by atoms with Gasteiger partial charge in [0.1, 0.15) is 11.8 Å². The Morgan fingerprint density at radius 1 is 1.20 bits per heavy atom. The summed E-state index contributed by atoms with van der Waals surface area (Å²) in [6.07, 6.45) is 0.0991. The van der Waals surface area contributed by atoms with Crippen molar-refractivity contribution in [3.63, 3.8) is 0 Å². The first-order valence-corrected chi connectivity index (χ1v) is 5.25. The van der Waals surface area contributed by atoms with Crippen molar-refractivity contribution < 1.29 is 4.74 Å². The van der Waals surface area contributed by atoms with Crippen LogP contribution in [-0.2, 0) is 0 Å². The zero-order chi connectivity index (χ0) is 11.4. The Morgan fingerprint density at radius 2 is 1.87 bits per heavy atom. The molecule has 0 aliphatic heterocycles. The maximum atomic E-state index is 9.01. The number of benzene rings is 1. The highest BCUT2D eigenvalue weighted by molar-refractivity contribution is 5.46. The van der Waals surface area contributed by atoms with E-state index in [9.17, 15) is 0 Å². The van der Waals surface area contributed by atoms with Gasteiger partial charge in [-0.1, -0.05) is 19.9 Å². The van der Waals surface area contributed by atoms with E-state index >= 15 is 0 Å². The molecule has 0 N–H and O–H groups in total. The van der Waals surface area contributed by atoms with E-state index in [0.29, 0.717) is 17.2 Å². The summed E-state index contributed by atoms with van der Waals surface area (Å²) >= 11 is 0. The van der Waals surface area contributed by atoms with E-state index in [2.05, 4.69) is 19.9 Å². The fourth-order valence-corrected chi connectivity index (χ4v) is 1.35. The first-order valence-electron chi connectivity index (χ1n) is 5.25. The summed E-state index contributed by atoms with van der Waals surface area (Å²) in [5, 5.41) is 9.01. The Labute approximate surface area is 91.5 Å². The van der Waals surface area contributed by atoms with Crippen LogP contribution in [0.15, 0.2) is 18.2 Å². The SMILES string of the molecule is CC(C)Oc1ccc(C(C)C)cc1C#N. The monoisotopic (exact) mass is 203 g/mol. The number of nitriles is 1. The summed E-state index contributed by atoms with van der Waals surface area (Å²) in [6.45, 7) is 8.13. The highest BCUT2D eigenvalue weighted by atomic mass is 16.5. The molecule has 0 bridgehead atoms. The van der Waals surface area contributed by atoms with Gasteiger partial charge in [0.05, 0.1) is 11.7 Å². The van der Waals surface area contributed by atoms with Crippen LogP contribution in [0, 0.1) is 11.3 Å². The maximum Gasteiger partial charge on any atom is 0.137 e. The minimum Gasteiger partial charge on any atom is -0.490 e. The van der Waals surface area contributed by atoms with Gasteiger partial charge >= 0.3 is 0 Å². The minimum absolute atomic E-state index is 0.0991. The number of hydrogen-bond acceptors (Lipinski definition) is 2. The predicted octanol–water partition coefficient (Wildman–Crippen LogP) is 3.47. The van der Waals surface area contributed by atoms with Gasteiger partial charge in [-0.25, -0.2) is 0 Å². The van der Waals surface area contributed by atoms with E-state index in [1.54, 1.807) is 0 Å². The summed E-state index contributed by atoms with van der Waals surface area (Å²) in [7, 11) is 0. The van der Waals surface area contributed by atoms with Crippen molar-refractivity contribution in [1.29, 1.82) is 5.26 Å². The molecule has 0 saturated heterocycles. The molecule has 80 valence electrons. The Balaban J connectivity index is 3.05. The molecule has 2 nitrogen and oxygen atoms in total. The Hall–Kier alpha value is -1.49. The van der Waals surface area contributed by atoms with Crippen molar-refractivity contribution in [3.05, 3.63) is 29.3 Å². The molecule has 1 aromatic rings. The molecular weight excluding hydrogens is 186 g/mol. The molecule has 15 heavy (non-hydrogen) atoms. The molecule has 0 fully saturated rings. The lowest BCUT2D eigenvalue weighted by atomic mass is 10.0. The number of rotatable bonds is 3. The summed E-state index contributed by atoms with van der Waals surface area (Å²) in [5.41, 5.74) is 1.79. The van der Waals surface area contributed by atoms with Crippen LogP contribution < -0.4 is 4.74 Å². The van der Waals surface area contributed by atoms with E-state index in [0.717, 1.165) is 0 Å². The van der Waals surface area contributed by atoms with Crippen LogP contribution in [0.3, 0.4) is 0 Å². The van der Waals surface area contributed by atoms with Crippen LogP contribution in [0.25, 0.3) is 0 Å². The molecule has 2 heteroatoms. The van der Waals surface area contributed by atoms with Gasteiger partial charge in [-0.3, -0.25) is 0 Å². The van der Waals surface area contributed by atoms with Crippen LogP contribution in [0.4, 0.5) is 0 Å². The molecule has 0 unspecified atom stereocenters. The van der Waals surface area contributed by atoms with Gasteiger partial charge in [-0.2, -0.15) is 5.26 Å². The number of ether oxygens (including phenoxy) is 1. The quantitative estimate of drug-likeness (QED) is 0.753. The van der Waals surface area contributed by atoms with E-state index in [4.69, 9.17) is 10.00 Å². The highest BCUT2D eigenvalue weighted by Gasteiger charge is 2.08. The first kappa shape index (κ1) is 11.6. The Bertz CT molecular complexity index is 375. The summed E-state index contributed by atoms with van der Waals surface area (Å²) in [4.78, 5) is 0. The summed E-state index contributed by atoms with van der Waals surface area (Å²) in [6, 6.07) is 7.98. The van der Waals surface area contributed by atoms with Gasteiger partial charge < -0.3 is 4.74 Å². The van der Waals surface area contributed by atoms with Crippen molar-refractivity contribution in [3.8, 4) is 11.8 Å². The second kappa shape index (κ2) is 4.84. The van der Waals surface area contributed by atoms with Crippen molar-refractivity contribution in [1.82, 2.24) is 0 Å². The van der Waals surface area contributed by atoms with Gasteiger partial charge in [-0.05, 0) is 37.5 Å². The van der Waals surface area contributed by atoms with Gasteiger partial charge in [0.25, 0.3) is 0 Å². The average molecular weight is 203 g/mol. The molecule has 0 saturated carbocycles. The van der Waals surface area contributed by atoms with Crippen LogP contribution in [0.5, 0.6) is 5.75 Å². The van der Waals surface area contributed by atoms with E-state index in [1.165, 1.54) is 5.56 Å². The van der Waals surface area contributed by atoms with Crippen LogP contribution in [0.1, 0.15) is 44.7 Å². The average Bonchev–Trinajstić information content (AvgIpc) is 2.17. The predicted molar refractivity (Wildman–Crippen MR) is 61.0 cm³/mol. The fourth-order valence-electron chi connectivity index (χ4n) is 1.35. The van der Waals surface area contributed by atoms with E-state index < -0.39 is 0 Å².